The maximum absolute atomic E-state index is 14.5. The van der Waals surface area contributed by atoms with Crippen LogP contribution in [0.25, 0.3) is 35.2 Å². The Morgan fingerprint density at radius 2 is 1.86 bits per heavy atom. The molecular weight excluding hydrogens is 472 g/mol. The summed E-state index contributed by atoms with van der Waals surface area (Å²) in [6.07, 6.45) is 6.38. The average Bonchev–Trinajstić information content (AvgIpc) is 2.99. The minimum atomic E-state index is -1.11. The van der Waals surface area contributed by atoms with Gasteiger partial charge in [0.1, 0.15) is 24.3 Å². The van der Waals surface area contributed by atoms with Gasteiger partial charge in [-0.3, -0.25) is 0 Å². The minimum Gasteiger partial charge on any atom is -0.480 e. The number of benzene rings is 3. The molecule has 1 unspecified atom stereocenters. The van der Waals surface area contributed by atoms with Crippen LogP contribution < -0.4 is 0 Å². The molecule has 1 N–H and O–H groups in total. The summed E-state index contributed by atoms with van der Waals surface area (Å²) in [4.78, 5) is 15.7. The van der Waals surface area contributed by atoms with Gasteiger partial charge in [0.05, 0.1) is 16.2 Å². The van der Waals surface area contributed by atoms with E-state index in [1.807, 2.05) is 30.4 Å². The van der Waals surface area contributed by atoms with E-state index in [1.54, 1.807) is 36.4 Å². The molecule has 1 atom stereocenters. The van der Waals surface area contributed by atoms with Crippen molar-refractivity contribution in [3.05, 3.63) is 111 Å². The normalized spacial score (nSPS) is 14.7. The first-order valence-corrected chi connectivity index (χ1v) is 11.1. The fourth-order valence-corrected chi connectivity index (χ4v) is 4.27. The lowest BCUT2D eigenvalue weighted by atomic mass is 9.94. The van der Waals surface area contributed by atoms with Crippen LogP contribution in [-0.4, -0.2) is 22.7 Å². The first kappa shape index (κ1) is 22.9. The number of ether oxygens (including phenoxy) is 1. The van der Waals surface area contributed by atoms with Crippen LogP contribution in [0.5, 0.6) is 0 Å². The van der Waals surface area contributed by atoms with Crippen LogP contribution in [0.2, 0.25) is 5.02 Å². The zero-order valence-corrected chi connectivity index (χ0v) is 19.0. The summed E-state index contributed by atoms with van der Waals surface area (Å²) in [6, 6.07) is 16.7. The molecule has 1 aliphatic carbocycles. The topological polar surface area (TPSA) is 59.4 Å². The lowest BCUT2D eigenvalue weighted by Gasteiger charge is -2.21. The molecule has 0 radical (unpaired) electrons. The predicted molar refractivity (Wildman–Crippen MR) is 133 cm³/mol. The van der Waals surface area contributed by atoms with Crippen molar-refractivity contribution < 1.29 is 23.4 Å². The van der Waals surface area contributed by atoms with Gasteiger partial charge in [0.25, 0.3) is 0 Å². The number of rotatable bonds is 5. The quantitative estimate of drug-likeness (QED) is 0.327. The summed E-state index contributed by atoms with van der Waals surface area (Å²) >= 11 is 5.89. The Labute approximate surface area is 204 Å². The van der Waals surface area contributed by atoms with Crippen LogP contribution in [0.3, 0.4) is 0 Å². The number of halogens is 3. The fraction of sp³-hybridized carbons (Fsp3) is 0.0714. The molecule has 0 bridgehead atoms. The Morgan fingerprint density at radius 3 is 2.69 bits per heavy atom. The smallest absolute Gasteiger partial charge is 0.329 e. The highest BCUT2D eigenvalue weighted by Crippen LogP contribution is 2.37. The van der Waals surface area contributed by atoms with E-state index in [1.165, 1.54) is 18.2 Å². The second-order valence-corrected chi connectivity index (χ2v) is 8.48. The minimum absolute atomic E-state index is 0.00839. The highest BCUT2D eigenvalue weighted by atomic mass is 35.5. The number of carboxylic acids is 1. The molecule has 7 heteroatoms. The molecule has 5 rings (SSSR count). The Morgan fingerprint density at radius 1 is 1.00 bits per heavy atom. The molecule has 3 aromatic carbocycles. The summed E-state index contributed by atoms with van der Waals surface area (Å²) in [5.41, 5.74) is 4.50. The molecular formula is C28H18ClF2NO3. The molecule has 0 aliphatic heterocycles. The van der Waals surface area contributed by atoms with Crippen molar-refractivity contribution in [2.45, 2.75) is 6.10 Å². The van der Waals surface area contributed by atoms with E-state index in [4.69, 9.17) is 16.3 Å². The largest absolute Gasteiger partial charge is 0.480 e. The fourth-order valence-electron chi connectivity index (χ4n) is 4.12. The number of aliphatic carboxylic acids is 1. The van der Waals surface area contributed by atoms with Crippen LogP contribution in [0.1, 0.15) is 39.6 Å². The van der Waals surface area contributed by atoms with Crippen molar-refractivity contribution in [2.24, 2.45) is 0 Å². The monoisotopic (exact) mass is 489 g/mol. The number of pyridine rings is 1. The van der Waals surface area contributed by atoms with Gasteiger partial charge in [-0.25, -0.2) is 18.6 Å². The second kappa shape index (κ2) is 9.41. The van der Waals surface area contributed by atoms with Crippen LogP contribution in [0, 0.1) is 11.6 Å². The van der Waals surface area contributed by atoms with Gasteiger partial charge in [0.2, 0.25) is 0 Å². The van der Waals surface area contributed by atoms with Crippen molar-refractivity contribution in [2.75, 3.05) is 6.61 Å². The second-order valence-electron chi connectivity index (χ2n) is 8.08. The Balaban J connectivity index is 1.52. The van der Waals surface area contributed by atoms with Gasteiger partial charge < -0.3 is 9.84 Å². The molecule has 0 amide bonds. The molecule has 1 heterocycles. The third-order valence-electron chi connectivity index (χ3n) is 5.76. The van der Waals surface area contributed by atoms with Crippen LogP contribution in [0.15, 0.2) is 60.7 Å². The number of carbonyl (C=O) groups is 1. The maximum atomic E-state index is 14.5. The molecule has 4 nitrogen and oxygen atoms in total. The first-order valence-electron chi connectivity index (χ1n) is 10.8. The van der Waals surface area contributed by atoms with E-state index in [0.717, 1.165) is 16.7 Å². The lowest BCUT2D eigenvalue weighted by Crippen LogP contribution is -2.15. The molecule has 0 saturated heterocycles. The van der Waals surface area contributed by atoms with Crippen molar-refractivity contribution in [3.8, 4) is 0 Å². The highest BCUT2D eigenvalue weighted by molar-refractivity contribution is 6.31. The zero-order valence-electron chi connectivity index (χ0n) is 18.2. The van der Waals surface area contributed by atoms with Crippen molar-refractivity contribution >= 4 is 52.8 Å². The summed E-state index contributed by atoms with van der Waals surface area (Å²) < 4.78 is 33.9. The van der Waals surface area contributed by atoms with Gasteiger partial charge in [-0.2, -0.15) is 0 Å². The van der Waals surface area contributed by atoms with E-state index >= 15 is 0 Å². The summed E-state index contributed by atoms with van der Waals surface area (Å²) in [5.74, 6) is -2.01. The molecule has 35 heavy (non-hydrogen) atoms. The number of hydrogen-bond donors (Lipinski definition) is 1. The van der Waals surface area contributed by atoms with Gasteiger partial charge >= 0.3 is 5.97 Å². The number of nitrogens with zero attached hydrogens (tertiary/aromatic N) is 1. The Kier molecular flexibility index (Phi) is 6.16. The Hall–Kier alpha value is -3.87. The average molecular weight is 490 g/mol. The van der Waals surface area contributed by atoms with Gasteiger partial charge in [0, 0.05) is 10.9 Å². The Bertz CT molecular complexity index is 1530. The zero-order chi connectivity index (χ0) is 24.5. The first-order chi connectivity index (χ1) is 16.9. The molecule has 0 spiro atoms. The molecule has 1 aromatic heterocycles. The van der Waals surface area contributed by atoms with E-state index < -0.39 is 30.3 Å². The van der Waals surface area contributed by atoms with Crippen LogP contribution >= 0.6 is 11.6 Å². The SMILES string of the molecule is O=C(O)COC1c2cc(C=Cc3ccc4cc(F)c(Cl)cc4n3)ccc2C=Cc2c(F)cccc21. The molecule has 0 saturated carbocycles. The standard InChI is InChI=1S/C28H18ClF2NO3/c29-23-14-26-18(13-25(23)31)7-10-19(32-26)9-5-16-4-6-17-8-11-20-21(2-1-3-24(20)30)28(22(17)12-16)35-15-27(33)34/h1-14,28H,15H2,(H,33,34). The highest BCUT2D eigenvalue weighted by Gasteiger charge is 2.25. The van der Waals surface area contributed by atoms with Gasteiger partial charge in [-0.05, 0) is 58.7 Å². The van der Waals surface area contributed by atoms with Crippen molar-refractivity contribution in [1.82, 2.24) is 4.98 Å². The number of carboxylic acid groups (broad SMARTS) is 1. The predicted octanol–water partition coefficient (Wildman–Crippen LogP) is 7.01. The van der Waals surface area contributed by atoms with Gasteiger partial charge in [-0.15, -0.1) is 0 Å². The van der Waals surface area contributed by atoms with Crippen LogP contribution in [0.4, 0.5) is 8.78 Å². The van der Waals surface area contributed by atoms with E-state index in [2.05, 4.69) is 4.98 Å². The number of aromatic nitrogens is 1. The summed E-state index contributed by atoms with van der Waals surface area (Å²) in [6.45, 7) is -0.524. The summed E-state index contributed by atoms with van der Waals surface area (Å²) in [5, 5.41) is 9.83. The third kappa shape index (κ3) is 4.71. The van der Waals surface area contributed by atoms with Crippen LogP contribution in [-0.2, 0) is 9.53 Å². The number of fused-ring (bicyclic) bond motifs is 3. The van der Waals surface area contributed by atoms with E-state index in [-0.39, 0.29) is 5.02 Å². The van der Waals surface area contributed by atoms with E-state index in [0.29, 0.717) is 27.7 Å². The molecule has 174 valence electrons. The number of hydrogen-bond acceptors (Lipinski definition) is 3. The summed E-state index contributed by atoms with van der Waals surface area (Å²) in [7, 11) is 0. The van der Waals surface area contributed by atoms with Crippen molar-refractivity contribution in [1.29, 1.82) is 0 Å². The van der Waals surface area contributed by atoms with E-state index in [9.17, 15) is 18.7 Å². The molecule has 4 aromatic rings. The van der Waals surface area contributed by atoms with Crippen molar-refractivity contribution in [3.63, 3.8) is 0 Å². The lowest BCUT2D eigenvalue weighted by molar-refractivity contribution is -0.143. The molecule has 1 aliphatic rings. The maximum Gasteiger partial charge on any atom is 0.329 e. The molecule has 0 fully saturated rings. The van der Waals surface area contributed by atoms with Gasteiger partial charge in [-0.1, -0.05) is 60.2 Å². The van der Waals surface area contributed by atoms with Gasteiger partial charge in [0.15, 0.2) is 0 Å². The third-order valence-corrected chi connectivity index (χ3v) is 6.05.